The zero-order valence-corrected chi connectivity index (χ0v) is 12.9. The van der Waals surface area contributed by atoms with E-state index < -0.39 is 0 Å². The van der Waals surface area contributed by atoms with Crippen LogP contribution in [-0.2, 0) is 11.2 Å². The van der Waals surface area contributed by atoms with Crippen LogP contribution in [0.15, 0.2) is 78.0 Å². The molecule has 0 N–H and O–H groups in total. The maximum atomic E-state index is 12.0. The van der Waals surface area contributed by atoms with Crippen LogP contribution in [-0.4, -0.2) is 15.7 Å². The molecule has 23 heavy (non-hydrogen) atoms. The smallest absolute Gasteiger partial charge is 0.250 e. The quantitative estimate of drug-likeness (QED) is 0.747. The number of benzene rings is 2. The lowest BCUT2D eigenvalue weighted by Gasteiger charge is -2.03. The fourth-order valence-electron chi connectivity index (χ4n) is 2.33. The van der Waals surface area contributed by atoms with Crippen LogP contribution < -0.4 is 5.36 Å². The summed E-state index contributed by atoms with van der Waals surface area (Å²) in [6.07, 6.45) is 3.70. The molecule has 0 saturated carbocycles. The molecular formula is C19H17N3O. The standard InChI is InChI=1S/C19H17N3O/c1-15-6-5-7-16(12-15)13-19(23)21-17-10-11-22(20-14-17)18-8-3-2-4-9-18/h2-12,14H,13H2,1H3/b21-17-. The molecule has 0 aliphatic rings. The van der Waals surface area contributed by atoms with Gasteiger partial charge in [0, 0.05) is 6.20 Å². The van der Waals surface area contributed by atoms with Gasteiger partial charge in [-0.3, -0.25) is 4.79 Å². The van der Waals surface area contributed by atoms with Crippen molar-refractivity contribution in [3.8, 4) is 5.69 Å². The summed E-state index contributed by atoms with van der Waals surface area (Å²) in [5, 5.41) is 4.86. The normalized spacial score (nSPS) is 11.4. The van der Waals surface area contributed by atoms with Crippen LogP contribution in [0.25, 0.3) is 5.69 Å². The molecule has 4 nitrogen and oxygen atoms in total. The van der Waals surface area contributed by atoms with E-state index >= 15 is 0 Å². The minimum absolute atomic E-state index is 0.171. The van der Waals surface area contributed by atoms with Crippen molar-refractivity contribution in [2.45, 2.75) is 13.3 Å². The molecular weight excluding hydrogens is 286 g/mol. The Labute approximate surface area is 134 Å². The van der Waals surface area contributed by atoms with E-state index in [-0.39, 0.29) is 5.91 Å². The van der Waals surface area contributed by atoms with Gasteiger partial charge in [0.2, 0.25) is 0 Å². The van der Waals surface area contributed by atoms with Gasteiger partial charge in [0.05, 0.1) is 23.7 Å². The second kappa shape index (κ2) is 6.83. The number of amides is 1. The predicted molar refractivity (Wildman–Crippen MR) is 89.0 cm³/mol. The Balaban J connectivity index is 1.76. The molecule has 114 valence electrons. The van der Waals surface area contributed by atoms with Crippen molar-refractivity contribution in [1.29, 1.82) is 0 Å². The van der Waals surface area contributed by atoms with E-state index in [0.29, 0.717) is 11.8 Å². The van der Waals surface area contributed by atoms with Crippen molar-refractivity contribution in [1.82, 2.24) is 9.78 Å². The van der Waals surface area contributed by atoms with Gasteiger partial charge in [-0.2, -0.15) is 5.10 Å². The fraction of sp³-hybridized carbons (Fsp3) is 0.105. The molecule has 1 heterocycles. The van der Waals surface area contributed by atoms with Crippen LogP contribution in [0.2, 0.25) is 0 Å². The number of para-hydroxylation sites is 1. The molecule has 4 heteroatoms. The second-order valence-electron chi connectivity index (χ2n) is 5.34. The van der Waals surface area contributed by atoms with Crippen LogP contribution in [0.4, 0.5) is 0 Å². The summed E-state index contributed by atoms with van der Waals surface area (Å²) >= 11 is 0. The van der Waals surface area contributed by atoms with E-state index in [2.05, 4.69) is 10.1 Å². The lowest BCUT2D eigenvalue weighted by molar-refractivity contribution is -0.117. The van der Waals surface area contributed by atoms with E-state index in [1.807, 2.05) is 61.5 Å². The van der Waals surface area contributed by atoms with Gasteiger partial charge < -0.3 is 0 Å². The van der Waals surface area contributed by atoms with Crippen LogP contribution in [0, 0.1) is 6.92 Å². The minimum atomic E-state index is -0.171. The molecule has 0 aliphatic heterocycles. The molecule has 3 aromatic rings. The topological polar surface area (TPSA) is 47.2 Å². The van der Waals surface area contributed by atoms with Gasteiger partial charge in [-0.1, -0.05) is 48.0 Å². The lowest BCUT2D eigenvalue weighted by Crippen LogP contribution is -2.12. The van der Waals surface area contributed by atoms with E-state index in [4.69, 9.17) is 0 Å². The van der Waals surface area contributed by atoms with Crippen molar-refractivity contribution in [2.24, 2.45) is 4.99 Å². The van der Waals surface area contributed by atoms with Crippen LogP contribution in [0.5, 0.6) is 0 Å². The Morgan fingerprint density at radius 3 is 2.61 bits per heavy atom. The maximum absolute atomic E-state index is 12.0. The van der Waals surface area contributed by atoms with Crippen molar-refractivity contribution >= 4 is 5.91 Å². The molecule has 0 fully saturated rings. The first-order valence-electron chi connectivity index (χ1n) is 7.44. The van der Waals surface area contributed by atoms with Crippen molar-refractivity contribution < 1.29 is 4.79 Å². The Bertz CT molecular complexity index is 862. The number of hydrogen-bond donors (Lipinski definition) is 0. The first kappa shape index (κ1) is 14.9. The Morgan fingerprint density at radius 2 is 1.91 bits per heavy atom. The van der Waals surface area contributed by atoms with Gasteiger partial charge in [-0.15, -0.1) is 0 Å². The summed E-state index contributed by atoms with van der Waals surface area (Å²) in [4.78, 5) is 16.2. The van der Waals surface area contributed by atoms with Gasteiger partial charge in [0.15, 0.2) is 0 Å². The fourth-order valence-corrected chi connectivity index (χ4v) is 2.33. The molecule has 2 aromatic carbocycles. The number of rotatable bonds is 3. The highest BCUT2D eigenvalue weighted by Gasteiger charge is 2.02. The third-order valence-corrected chi connectivity index (χ3v) is 3.41. The number of aromatic nitrogens is 2. The van der Waals surface area contributed by atoms with E-state index in [1.165, 1.54) is 0 Å². The Hall–Kier alpha value is -3.01. The average Bonchev–Trinajstić information content (AvgIpc) is 2.56. The summed E-state index contributed by atoms with van der Waals surface area (Å²) in [6.45, 7) is 2.01. The van der Waals surface area contributed by atoms with Crippen LogP contribution in [0.3, 0.4) is 0 Å². The Morgan fingerprint density at radius 1 is 1.09 bits per heavy atom. The Kier molecular flexibility index (Phi) is 4.43. The molecule has 1 aromatic heterocycles. The molecule has 0 bridgehead atoms. The minimum Gasteiger partial charge on any atom is -0.272 e. The number of carbonyl (C=O) groups excluding carboxylic acids is 1. The predicted octanol–water partition coefficient (Wildman–Crippen LogP) is 2.85. The van der Waals surface area contributed by atoms with Crippen molar-refractivity contribution in [3.63, 3.8) is 0 Å². The SMILES string of the molecule is Cc1cccc(CC(=O)/N=c2/ccn(-c3ccccc3)nc2)c1. The van der Waals surface area contributed by atoms with Gasteiger partial charge in [0.1, 0.15) is 0 Å². The largest absolute Gasteiger partial charge is 0.272 e. The number of nitrogens with zero attached hydrogens (tertiary/aromatic N) is 3. The van der Waals surface area contributed by atoms with E-state index in [0.717, 1.165) is 16.8 Å². The zero-order valence-electron chi connectivity index (χ0n) is 12.9. The lowest BCUT2D eigenvalue weighted by atomic mass is 10.1. The molecule has 0 spiro atoms. The summed E-state index contributed by atoms with van der Waals surface area (Å²) in [5.74, 6) is -0.171. The molecule has 0 aliphatic carbocycles. The summed E-state index contributed by atoms with van der Waals surface area (Å²) in [6, 6.07) is 19.5. The molecule has 3 rings (SSSR count). The van der Waals surface area contributed by atoms with E-state index in [9.17, 15) is 4.79 Å². The van der Waals surface area contributed by atoms with E-state index in [1.54, 1.807) is 23.1 Å². The summed E-state index contributed by atoms with van der Waals surface area (Å²) < 4.78 is 1.74. The van der Waals surface area contributed by atoms with Gasteiger partial charge >= 0.3 is 0 Å². The van der Waals surface area contributed by atoms with Crippen LogP contribution >= 0.6 is 0 Å². The number of hydrogen-bond acceptors (Lipinski definition) is 2. The maximum Gasteiger partial charge on any atom is 0.250 e. The zero-order chi connectivity index (χ0) is 16.1. The number of aryl methyl sites for hydroxylation is 1. The molecule has 0 saturated heterocycles. The highest BCUT2D eigenvalue weighted by molar-refractivity contribution is 5.79. The van der Waals surface area contributed by atoms with Gasteiger partial charge in [-0.05, 0) is 30.7 Å². The summed E-state index contributed by atoms with van der Waals surface area (Å²) in [7, 11) is 0. The van der Waals surface area contributed by atoms with Crippen molar-refractivity contribution in [2.75, 3.05) is 0 Å². The highest BCUT2D eigenvalue weighted by atomic mass is 16.1. The number of carbonyl (C=O) groups is 1. The molecule has 1 amide bonds. The molecule has 0 radical (unpaired) electrons. The summed E-state index contributed by atoms with van der Waals surface area (Å²) in [5.41, 5.74) is 3.08. The first-order valence-corrected chi connectivity index (χ1v) is 7.44. The molecule has 0 unspecified atom stereocenters. The first-order chi connectivity index (χ1) is 11.2. The monoisotopic (exact) mass is 303 g/mol. The third-order valence-electron chi connectivity index (χ3n) is 3.41. The average molecular weight is 303 g/mol. The van der Waals surface area contributed by atoms with Crippen molar-refractivity contribution in [3.05, 3.63) is 89.5 Å². The second-order valence-corrected chi connectivity index (χ2v) is 5.34. The molecule has 0 atom stereocenters. The third kappa shape index (κ3) is 4.01. The van der Waals surface area contributed by atoms with Crippen LogP contribution in [0.1, 0.15) is 11.1 Å². The highest BCUT2D eigenvalue weighted by Crippen LogP contribution is 2.05. The van der Waals surface area contributed by atoms with Gasteiger partial charge in [-0.25, -0.2) is 9.67 Å². The van der Waals surface area contributed by atoms with Gasteiger partial charge in [0.25, 0.3) is 5.91 Å².